The van der Waals surface area contributed by atoms with Gasteiger partial charge < -0.3 is 10.2 Å². The third kappa shape index (κ3) is 4.63. The Morgan fingerprint density at radius 2 is 1.89 bits per heavy atom. The first-order valence-electron chi connectivity index (χ1n) is 7.65. The minimum absolute atomic E-state index is 0.697. The molecule has 0 aliphatic carbocycles. The molecule has 1 heterocycles. The molecule has 2 rings (SSSR count). The smallest absolute Gasteiger partial charge is 0.0210 e. The summed E-state index contributed by atoms with van der Waals surface area (Å²) in [5.74, 6) is 0.788. The van der Waals surface area contributed by atoms with Crippen LogP contribution in [0, 0.1) is 12.8 Å². The van der Waals surface area contributed by atoms with E-state index in [9.17, 15) is 0 Å². The Labute approximate surface area is 118 Å². The summed E-state index contributed by atoms with van der Waals surface area (Å²) in [6, 6.07) is 9.37. The van der Waals surface area contributed by atoms with Crippen molar-refractivity contribution in [2.45, 2.75) is 46.2 Å². The van der Waals surface area contributed by atoms with Crippen LogP contribution < -0.4 is 5.32 Å². The predicted molar refractivity (Wildman–Crippen MR) is 82.3 cm³/mol. The Hall–Kier alpha value is -0.860. The fourth-order valence-electron chi connectivity index (χ4n) is 2.90. The molecule has 0 radical (unpaired) electrons. The van der Waals surface area contributed by atoms with Gasteiger partial charge in [0, 0.05) is 19.1 Å². The van der Waals surface area contributed by atoms with Crippen LogP contribution in [0.5, 0.6) is 0 Å². The monoisotopic (exact) mass is 260 g/mol. The molecule has 2 nitrogen and oxygen atoms in total. The first-order chi connectivity index (χ1) is 9.15. The molecule has 1 aliphatic heterocycles. The number of rotatable bonds is 5. The number of nitrogens with one attached hydrogen (secondary N) is 1. The summed E-state index contributed by atoms with van der Waals surface area (Å²) in [7, 11) is 0. The van der Waals surface area contributed by atoms with E-state index in [0.717, 1.165) is 12.5 Å². The summed E-state index contributed by atoms with van der Waals surface area (Å²) in [5.41, 5.74) is 2.83. The molecule has 0 spiro atoms. The maximum atomic E-state index is 3.73. The molecule has 2 heteroatoms. The van der Waals surface area contributed by atoms with Crippen molar-refractivity contribution in [3.8, 4) is 0 Å². The maximum Gasteiger partial charge on any atom is 0.0210 e. The Balaban J connectivity index is 1.73. The lowest BCUT2D eigenvalue weighted by Gasteiger charge is -2.33. The van der Waals surface area contributed by atoms with Crippen molar-refractivity contribution in [3.05, 3.63) is 35.4 Å². The highest BCUT2D eigenvalue weighted by molar-refractivity contribution is 5.25. The summed E-state index contributed by atoms with van der Waals surface area (Å²) in [6.07, 6.45) is 2.58. The van der Waals surface area contributed by atoms with Crippen LogP contribution in [0.1, 0.15) is 37.8 Å². The van der Waals surface area contributed by atoms with Crippen molar-refractivity contribution < 1.29 is 0 Å². The zero-order valence-electron chi connectivity index (χ0n) is 12.7. The van der Waals surface area contributed by atoms with Gasteiger partial charge in [0.05, 0.1) is 0 Å². The molecule has 19 heavy (non-hydrogen) atoms. The van der Waals surface area contributed by atoms with Gasteiger partial charge in [-0.05, 0) is 49.9 Å². The molecule has 0 aromatic heterocycles. The molecule has 0 saturated carbocycles. The molecule has 0 bridgehead atoms. The van der Waals surface area contributed by atoms with E-state index in [4.69, 9.17) is 0 Å². The molecular formula is C17H28N2. The number of aryl methyl sites for hydroxylation is 1. The Morgan fingerprint density at radius 1 is 1.21 bits per heavy atom. The Kier molecular flexibility index (Phi) is 5.41. The normalized spacial score (nSPS) is 18.1. The molecule has 1 fully saturated rings. The van der Waals surface area contributed by atoms with Crippen molar-refractivity contribution in [1.82, 2.24) is 10.2 Å². The van der Waals surface area contributed by atoms with E-state index in [1.807, 2.05) is 0 Å². The van der Waals surface area contributed by atoms with Crippen LogP contribution in [0.2, 0.25) is 0 Å². The van der Waals surface area contributed by atoms with E-state index in [0.29, 0.717) is 6.04 Å². The zero-order chi connectivity index (χ0) is 13.7. The average Bonchev–Trinajstić information content (AvgIpc) is 2.39. The van der Waals surface area contributed by atoms with Gasteiger partial charge in [0.15, 0.2) is 0 Å². The van der Waals surface area contributed by atoms with Crippen molar-refractivity contribution in [1.29, 1.82) is 0 Å². The van der Waals surface area contributed by atoms with Crippen LogP contribution in [-0.4, -0.2) is 30.6 Å². The van der Waals surface area contributed by atoms with E-state index in [-0.39, 0.29) is 0 Å². The van der Waals surface area contributed by atoms with Crippen molar-refractivity contribution >= 4 is 0 Å². The Bertz CT molecular complexity index is 379. The van der Waals surface area contributed by atoms with Gasteiger partial charge in [-0.1, -0.05) is 38.1 Å². The van der Waals surface area contributed by atoms with Crippen LogP contribution in [0.3, 0.4) is 0 Å². The lowest BCUT2D eigenvalue weighted by molar-refractivity contribution is 0.179. The van der Waals surface area contributed by atoms with Gasteiger partial charge >= 0.3 is 0 Å². The van der Waals surface area contributed by atoms with Gasteiger partial charge in [0.2, 0.25) is 0 Å². The molecule has 1 N–H and O–H groups in total. The summed E-state index contributed by atoms with van der Waals surface area (Å²) in [4.78, 5) is 2.61. The molecule has 1 aromatic carbocycles. The molecule has 0 unspecified atom stereocenters. The number of nitrogens with zero attached hydrogens (tertiary/aromatic N) is 1. The second-order valence-electron chi connectivity index (χ2n) is 6.28. The summed E-state index contributed by atoms with van der Waals surface area (Å²) >= 11 is 0. The van der Waals surface area contributed by atoms with Gasteiger partial charge in [-0.2, -0.15) is 0 Å². The average molecular weight is 260 g/mol. The van der Waals surface area contributed by atoms with E-state index in [1.165, 1.54) is 43.6 Å². The largest absolute Gasteiger partial charge is 0.310 e. The molecule has 1 saturated heterocycles. The maximum absolute atomic E-state index is 3.73. The number of hydrogen-bond donors (Lipinski definition) is 1. The molecule has 0 atom stereocenters. The highest BCUT2D eigenvalue weighted by atomic mass is 15.1. The molecular weight excluding hydrogens is 232 g/mol. The fraction of sp³-hybridized carbons (Fsp3) is 0.647. The highest BCUT2D eigenvalue weighted by Crippen LogP contribution is 2.13. The summed E-state index contributed by atoms with van der Waals surface area (Å²) in [6.45, 7) is 11.6. The quantitative estimate of drug-likeness (QED) is 0.874. The number of benzene rings is 1. The minimum Gasteiger partial charge on any atom is -0.310 e. The molecule has 106 valence electrons. The first kappa shape index (κ1) is 14.5. The van der Waals surface area contributed by atoms with Crippen molar-refractivity contribution in [2.24, 2.45) is 5.92 Å². The van der Waals surface area contributed by atoms with Crippen LogP contribution in [-0.2, 0) is 6.54 Å². The third-order valence-corrected chi connectivity index (χ3v) is 4.05. The van der Waals surface area contributed by atoms with Gasteiger partial charge in [-0.15, -0.1) is 0 Å². The molecule has 0 amide bonds. The van der Waals surface area contributed by atoms with Crippen LogP contribution >= 0.6 is 0 Å². The van der Waals surface area contributed by atoms with Gasteiger partial charge in [-0.25, -0.2) is 0 Å². The highest BCUT2D eigenvalue weighted by Gasteiger charge is 2.19. The van der Waals surface area contributed by atoms with E-state index in [2.05, 4.69) is 55.3 Å². The lowest BCUT2D eigenvalue weighted by Crippen LogP contribution is -2.43. The molecule has 1 aromatic rings. The number of likely N-dealkylation sites (tertiary alicyclic amines) is 1. The first-order valence-corrected chi connectivity index (χ1v) is 7.65. The predicted octanol–water partition coefficient (Wildman–Crippen LogP) is 3.21. The van der Waals surface area contributed by atoms with Crippen LogP contribution in [0.25, 0.3) is 0 Å². The lowest BCUT2D eigenvalue weighted by atomic mass is 10.0. The molecule has 1 aliphatic rings. The SMILES string of the molecule is Cc1ccccc1CNC1CCN(CC(C)C)CC1. The van der Waals surface area contributed by atoms with E-state index < -0.39 is 0 Å². The zero-order valence-corrected chi connectivity index (χ0v) is 12.7. The fourth-order valence-corrected chi connectivity index (χ4v) is 2.90. The number of piperidine rings is 1. The summed E-state index contributed by atoms with van der Waals surface area (Å²) < 4.78 is 0. The van der Waals surface area contributed by atoms with Gasteiger partial charge in [-0.3, -0.25) is 0 Å². The number of hydrogen-bond acceptors (Lipinski definition) is 2. The topological polar surface area (TPSA) is 15.3 Å². The van der Waals surface area contributed by atoms with Crippen molar-refractivity contribution in [3.63, 3.8) is 0 Å². The summed E-state index contributed by atoms with van der Waals surface area (Å²) in [5, 5.41) is 3.73. The minimum atomic E-state index is 0.697. The van der Waals surface area contributed by atoms with Crippen LogP contribution in [0.15, 0.2) is 24.3 Å². The third-order valence-electron chi connectivity index (χ3n) is 4.05. The standard InChI is InChI=1S/C17H28N2/c1-14(2)13-19-10-8-17(9-11-19)18-12-16-7-5-4-6-15(16)3/h4-7,14,17-18H,8-13H2,1-3H3. The van der Waals surface area contributed by atoms with Gasteiger partial charge in [0.1, 0.15) is 0 Å². The second-order valence-corrected chi connectivity index (χ2v) is 6.28. The van der Waals surface area contributed by atoms with Crippen molar-refractivity contribution in [2.75, 3.05) is 19.6 Å². The Morgan fingerprint density at radius 3 is 2.53 bits per heavy atom. The second kappa shape index (κ2) is 7.06. The van der Waals surface area contributed by atoms with E-state index in [1.54, 1.807) is 0 Å². The van der Waals surface area contributed by atoms with E-state index >= 15 is 0 Å². The van der Waals surface area contributed by atoms with Crippen LogP contribution in [0.4, 0.5) is 0 Å². The van der Waals surface area contributed by atoms with Gasteiger partial charge in [0.25, 0.3) is 0 Å².